The van der Waals surface area contributed by atoms with Gasteiger partial charge in [0.1, 0.15) is 0 Å². The van der Waals surface area contributed by atoms with E-state index in [0.717, 1.165) is 11.0 Å². The summed E-state index contributed by atoms with van der Waals surface area (Å²) in [5.74, 6) is -0.995. The van der Waals surface area contributed by atoms with E-state index in [1.54, 1.807) is 30.5 Å². The van der Waals surface area contributed by atoms with Crippen LogP contribution in [0.4, 0.5) is 0 Å². The van der Waals surface area contributed by atoms with Gasteiger partial charge in [-0.25, -0.2) is 10.9 Å². The quantitative estimate of drug-likeness (QED) is 0.341. The van der Waals surface area contributed by atoms with Crippen LogP contribution in [0.15, 0.2) is 53.0 Å². The first-order valence-electron chi connectivity index (χ1n) is 6.28. The first-order valence-corrected chi connectivity index (χ1v) is 7.16. The molecule has 0 spiro atoms. The highest BCUT2D eigenvalue weighted by Gasteiger charge is 2.04. The van der Waals surface area contributed by atoms with Gasteiger partial charge >= 0.3 is 0 Å². The van der Waals surface area contributed by atoms with Crippen molar-refractivity contribution in [1.82, 2.24) is 10.9 Å². The van der Waals surface area contributed by atoms with Gasteiger partial charge in [0, 0.05) is 16.5 Å². The number of hydrazone groups is 1. The molecule has 0 saturated carbocycles. The van der Waals surface area contributed by atoms with E-state index in [9.17, 15) is 9.59 Å². The first kappa shape index (κ1) is 15.6. The first-order chi connectivity index (χ1) is 10.7. The molecular weight excluding hydrogens is 302 g/mol. The molecule has 112 valence electrons. The Morgan fingerprint density at radius 1 is 1.23 bits per heavy atom. The summed E-state index contributed by atoms with van der Waals surface area (Å²) in [5, 5.41) is 14.2. The van der Waals surface area contributed by atoms with Crippen LogP contribution in [-0.2, 0) is 4.79 Å². The lowest BCUT2D eigenvalue weighted by molar-refractivity contribution is -0.124. The van der Waals surface area contributed by atoms with Crippen molar-refractivity contribution in [3.63, 3.8) is 0 Å². The number of benzene rings is 1. The summed E-state index contributed by atoms with van der Waals surface area (Å²) in [6.45, 7) is 0. The predicted octanol–water partition coefficient (Wildman–Crippen LogP) is 2.03. The van der Waals surface area contributed by atoms with Gasteiger partial charge in [-0.2, -0.15) is 5.10 Å². The zero-order valence-corrected chi connectivity index (χ0v) is 12.2. The lowest BCUT2D eigenvalue weighted by atomic mass is 10.1. The van der Waals surface area contributed by atoms with Gasteiger partial charge in [-0.15, -0.1) is 11.3 Å². The Morgan fingerprint density at radius 3 is 2.82 bits per heavy atom. The second-order valence-electron chi connectivity index (χ2n) is 4.15. The number of hydrogen-bond donors (Lipinski definition) is 3. The Kier molecular flexibility index (Phi) is 5.58. The lowest BCUT2D eigenvalue weighted by Gasteiger charge is -2.01. The maximum absolute atomic E-state index is 12.0. The number of rotatable bonds is 5. The molecule has 0 saturated heterocycles. The number of hydroxylamine groups is 1. The number of thiophene rings is 1. The van der Waals surface area contributed by atoms with E-state index in [1.807, 2.05) is 17.5 Å². The molecule has 0 fully saturated rings. The van der Waals surface area contributed by atoms with Crippen molar-refractivity contribution in [2.75, 3.05) is 0 Å². The number of amides is 2. The van der Waals surface area contributed by atoms with Crippen molar-refractivity contribution >= 4 is 35.4 Å². The average molecular weight is 315 g/mol. The zero-order valence-electron chi connectivity index (χ0n) is 11.4. The summed E-state index contributed by atoms with van der Waals surface area (Å²) in [6, 6.07) is 10.4. The van der Waals surface area contributed by atoms with E-state index in [4.69, 9.17) is 5.21 Å². The molecule has 2 amide bonds. The lowest BCUT2D eigenvalue weighted by Crippen LogP contribution is -2.17. The van der Waals surface area contributed by atoms with Gasteiger partial charge in [0.15, 0.2) is 0 Å². The van der Waals surface area contributed by atoms with Crippen LogP contribution < -0.4 is 10.9 Å². The highest BCUT2D eigenvalue weighted by molar-refractivity contribution is 7.11. The molecule has 6 nitrogen and oxygen atoms in total. The number of nitrogens with zero attached hydrogens (tertiary/aromatic N) is 1. The normalized spacial score (nSPS) is 11.0. The van der Waals surface area contributed by atoms with Gasteiger partial charge in [-0.1, -0.05) is 18.2 Å². The van der Waals surface area contributed by atoms with Crippen molar-refractivity contribution in [2.24, 2.45) is 5.10 Å². The molecular formula is C15H13N3O3S. The molecule has 0 aliphatic rings. The van der Waals surface area contributed by atoms with Crippen LogP contribution in [0.2, 0.25) is 0 Å². The van der Waals surface area contributed by atoms with Gasteiger partial charge in [0.2, 0.25) is 0 Å². The SMILES string of the molecule is O=C(C=Cc1cccc(C(=O)NN=Cc2cccs2)c1)NO. The van der Waals surface area contributed by atoms with Gasteiger partial charge < -0.3 is 0 Å². The molecule has 1 aromatic carbocycles. The Morgan fingerprint density at radius 2 is 2.09 bits per heavy atom. The molecule has 2 aromatic rings. The zero-order chi connectivity index (χ0) is 15.8. The smallest absolute Gasteiger partial charge is 0.271 e. The van der Waals surface area contributed by atoms with Gasteiger partial charge in [-0.05, 0) is 35.2 Å². The summed E-state index contributed by atoms with van der Waals surface area (Å²) in [6.07, 6.45) is 4.21. The van der Waals surface area contributed by atoms with Gasteiger partial charge in [0.25, 0.3) is 11.8 Å². The van der Waals surface area contributed by atoms with Crippen molar-refractivity contribution in [1.29, 1.82) is 0 Å². The monoisotopic (exact) mass is 315 g/mol. The van der Waals surface area contributed by atoms with Crippen LogP contribution in [-0.4, -0.2) is 23.2 Å². The summed E-state index contributed by atoms with van der Waals surface area (Å²) in [4.78, 5) is 23.8. The Labute approximate surface area is 130 Å². The third-order valence-electron chi connectivity index (χ3n) is 2.59. The van der Waals surface area contributed by atoms with Crippen LogP contribution in [0.1, 0.15) is 20.8 Å². The van der Waals surface area contributed by atoms with E-state index in [2.05, 4.69) is 10.5 Å². The molecule has 3 N–H and O–H groups in total. The highest BCUT2D eigenvalue weighted by atomic mass is 32.1. The average Bonchev–Trinajstić information content (AvgIpc) is 3.06. The molecule has 7 heteroatoms. The van der Waals surface area contributed by atoms with Crippen LogP contribution in [0.5, 0.6) is 0 Å². The van der Waals surface area contributed by atoms with E-state index >= 15 is 0 Å². The Balaban J connectivity index is 2.00. The van der Waals surface area contributed by atoms with Gasteiger partial charge in [0.05, 0.1) is 6.21 Å². The fourth-order valence-electron chi connectivity index (χ4n) is 1.58. The van der Waals surface area contributed by atoms with E-state index in [-0.39, 0.29) is 5.91 Å². The molecule has 0 radical (unpaired) electrons. The number of carbonyl (C=O) groups is 2. The molecule has 0 bridgehead atoms. The molecule has 1 aromatic heterocycles. The minimum absolute atomic E-state index is 0.352. The van der Waals surface area contributed by atoms with Crippen LogP contribution in [0, 0.1) is 0 Å². The third-order valence-corrected chi connectivity index (χ3v) is 3.39. The fourth-order valence-corrected chi connectivity index (χ4v) is 2.16. The minimum Gasteiger partial charge on any atom is -0.288 e. The maximum Gasteiger partial charge on any atom is 0.271 e. The molecule has 2 rings (SSSR count). The fraction of sp³-hybridized carbons (Fsp3) is 0. The van der Waals surface area contributed by atoms with E-state index in [1.165, 1.54) is 22.9 Å². The molecule has 0 aliphatic heterocycles. The summed E-state index contributed by atoms with van der Waals surface area (Å²) >= 11 is 1.52. The van der Waals surface area contributed by atoms with Crippen LogP contribution in [0.25, 0.3) is 6.08 Å². The van der Waals surface area contributed by atoms with Crippen molar-refractivity contribution in [3.05, 3.63) is 63.9 Å². The highest BCUT2D eigenvalue weighted by Crippen LogP contribution is 2.08. The largest absolute Gasteiger partial charge is 0.288 e. The van der Waals surface area contributed by atoms with E-state index in [0.29, 0.717) is 11.1 Å². The summed E-state index contributed by atoms with van der Waals surface area (Å²) in [7, 11) is 0. The molecule has 22 heavy (non-hydrogen) atoms. The molecule has 0 aliphatic carbocycles. The van der Waals surface area contributed by atoms with Crippen LogP contribution in [0.3, 0.4) is 0 Å². The Bertz CT molecular complexity index is 709. The van der Waals surface area contributed by atoms with Crippen molar-refractivity contribution in [2.45, 2.75) is 0 Å². The van der Waals surface area contributed by atoms with Crippen molar-refractivity contribution < 1.29 is 14.8 Å². The van der Waals surface area contributed by atoms with Crippen molar-refractivity contribution in [3.8, 4) is 0 Å². The maximum atomic E-state index is 12.0. The molecule has 0 unspecified atom stereocenters. The predicted molar refractivity (Wildman–Crippen MR) is 84.8 cm³/mol. The molecule has 1 heterocycles. The third kappa shape index (κ3) is 4.65. The number of hydrogen-bond acceptors (Lipinski definition) is 5. The van der Waals surface area contributed by atoms with E-state index < -0.39 is 5.91 Å². The second kappa shape index (κ2) is 7.87. The van der Waals surface area contributed by atoms with Gasteiger partial charge in [-0.3, -0.25) is 14.8 Å². The standard InChI is InChI=1S/C15H13N3O3S/c19-14(18-21)7-6-11-3-1-4-12(9-11)15(20)17-16-10-13-5-2-8-22-13/h1-10,21H,(H,17,20)(H,18,19). The number of nitrogens with one attached hydrogen (secondary N) is 2. The Hall–Kier alpha value is -2.77. The molecule has 0 atom stereocenters. The minimum atomic E-state index is -0.643. The number of carbonyl (C=O) groups excluding carboxylic acids is 2. The topological polar surface area (TPSA) is 90.8 Å². The second-order valence-corrected chi connectivity index (χ2v) is 5.13. The summed E-state index contributed by atoms with van der Waals surface area (Å²) in [5.41, 5.74) is 4.99. The van der Waals surface area contributed by atoms with Crippen LogP contribution >= 0.6 is 11.3 Å². The summed E-state index contributed by atoms with van der Waals surface area (Å²) < 4.78 is 0.